The van der Waals surface area contributed by atoms with Gasteiger partial charge in [-0.25, -0.2) is 0 Å². The Kier molecular flexibility index (Phi) is 4.68. The van der Waals surface area contributed by atoms with Gasteiger partial charge in [0.25, 0.3) is 5.69 Å². The SMILES string of the molecule is COC[C@H](O)CNc1ccccc1[N+](=O)[O-]. The van der Waals surface area contributed by atoms with Crippen molar-refractivity contribution >= 4 is 11.4 Å². The van der Waals surface area contributed by atoms with Crippen molar-refractivity contribution in [3.05, 3.63) is 34.4 Å². The molecule has 2 N–H and O–H groups in total. The summed E-state index contributed by atoms with van der Waals surface area (Å²) in [5.41, 5.74) is 0.384. The van der Waals surface area contributed by atoms with Gasteiger partial charge < -0.3 is 15.2 Å². The number of nitro benzene ring substituents is 1. The molecule has 88 valence electrons. The van der Waals surface area contributed by atoms with Crippen LogP contribution in [0.25, 0.3) is 0 Å². The number of anilines is 1. The smallest absolute Gasteiger partial charge is 0.292 e. The van der Waals surface area contributed by atoms with E-state index in [9.17, 15) is 15.2 Å². The molecule has 0 aliphatic rings. The second-order valence-corrected chi connectivity index (χ2v) is 3.26. The summed E-state index contributed by atoms with van der Waals surface area (Å²) in [5.74, 6) is 0. The highest BCUT2D eigenvalue weighted by molar-refractivity contribution is 5.61. The van der Waals surface area contributed by atoms with Gasteiger partial charge in [0.05, 0.1) is 17.6 Å². The second-order valence-electron chi connectivity index (χ2n) is 3.26. The largest absolute Gasteiger partial charge is 0.389 e. The van der Waals surface area contributed by atoms with Crippen molar-refractivity contribution in [3.8, 4) is 0 Å². The van der Waals surface area contributed by atoms with E-state index in [0.717, 1.165) is 0 Å². The van der Waals surface area contributed by atoms with Crippen LogP contribution in [0.2, 0.25) is 0 Å². The van der Waals surface area contributed by atoms with E-state index in [-0.39, 0.29) is 18.8 Å². The fourth-order valence-electron chi connectivity index (χ4n) is 1.26. The predicted molar refractivity (Wildman–Crippen MR) is 59.5 cm³/mol. The van der Waals surface area contributed by atoms with Gasteiger partial charge in [-0.3, -0.25) is 10.1 Å². The van der Waals surface area contributed by atoms with Crippen LogP contribution in [0.4, 0.5) is 11.4 Å². The summed E-state index contributed by atoms with van der Waals surface area (Å²) in [6.45, 7) is 0.395. The molecule has 0 heterocycles. The van der Waals surface area contributed by atoms with Gasteiger partial charge in [-0.2, -0.15) is 0 Å². The van der Waals surface area contributed by atoms with Gasteiger partial charge in [-0.15, -0.1) is 0 Å². The molecule has 0 bridgehead atoms. The van der Waals surface area contributed by atoms with Gasteiger partial charge in [-0.1, -0.05) is 12.1 Å². The molecule has 6 nitrogen and oxygen atoms in total. The number of hydrogen-bond acceptors (Lipinski definition) is 5. The summed E-state index contributed by atoms with van der Waals surface area (Å²) in [6.07, 6.45) is -0.690. The molecule has 0 aliphatic heterocycles. The van der Waals surface area contributed by atoms with Crippen LogP contribution in [-0.4, -0.2) is 36.4 Å². The van der Waals surface area contributed by atoms with Crippen LogP contribution < -0.4 is 5.32 Å². The van der Waals surface area contributed by atoms with Crippen LogP contribution in [0.15, 0.2) is 24.3 Å². The number of para-hydroxylation sites is 2. The number of ether oxygens (including phenoxy) is 1. The number of nitrogens with one attached hydrogen (secondary N) is 1. The van der Waals surface area contributed by atoms with E-state index in [4.69, 9.17) is 4.74 Å². The van der Waals surface area contributed by atoms with Gasteiger partial charge >= 0.3 is 0 Å². The predicted octanol–water partition coefficient (Wildman–Crippen LogP) is 1.01. The van der Waals surface area contributed by atoms with Crippen LogP contribution in [0.1, 0.15) is 0 Å². The topological polar surface area (TPSA) is 84.6 Å². The monoisotopic (exact) mass is 226 g/mol. The molecule has 16 heavy (non-hydrogen) atoms. The maximum atomic E-state index is 10.7. The third-order valence-electron chi connectivity index (χ3n) is 1.99. The Balaban J connectivity index is 2.63. The number of aliphatic hydroxyl groups is 1. The first kappa shape index (κ1) is 12.4. The molecule has 1 rings (SSSR count). The van der Waals surface area contributed by atoms with E-state index in [1.54, 1.807) is 18.2 Å². The van der Waals surface area contributed by atoms with Crippen LogP contribution >= 0.6 is 0 Å². The van der Waals surface area contributed by atoms with E-state index in [1.807, 2.05) is 0 Å². The number of hydrogen-bond donors (Lipinski definition) is 2. The number of benzene rings is 1. The van der Waals surface area contributed by atoms with Gasteiger partial charge in [0.2, 0.25) is 0 Å². The summed E-state index contributed by atoms with van der Waals surface area (Å²) in [6, 6.07) is 6.29. The number of aliphatic hydroxyl groups excluding tert-OH is 1. The van der Waals surface area contributed by atoms with Crippen LogP contribution in [0.3, 0.4) is 0 Å². The van der Waals surface area contributed by atoms with E-state index in [2.05, 4.69) is 5.32 Å². The highest BCUT2D eigenvalue weighted by Gasteiger charge is 2.12. The lowest BCUT2D eigenvalue weighted by Crippen LogP contribution is -2.24. The third-order valence-corrected chi connectivity index (χ3v) is 1.99. The standard InChI is InChI=1S/C10H14N2O4/c1-16-7-8(13)6-11-9-4-2-3-5-10(9)12(14)15/h2-5,8,11,13H,6-7H2,1H3/t8-/m1/s1. The first-order valence-corrected chi connectivity index (χ1v) is 4.79. The molecule has 0 amide bonds. The Morgan fingerprint density at radius 2 is 2.25 bits per heavy atom. The number of rotatable bonds is 6. The van der Waals surface area contributed by atoms with Crippen molar-refractivity contribution < 1.29 is 14.8 Å². The van der Waals surface area contributed by atoms with Gasteiger partial charge in [0.1, 0.15) is 5.69 Å². The molecule has 0 radical (unpaired) electrons. The maximum absolute atomic E-state index is 10.7. The number of nitro groups is 1. The molecule has 0 unspecified atom stereocenters. The maximum Gasteiger partial charge on any atom is 0.292 e. The third kappa shape index (κ3) is 3.48. The number of methoxy groups -OCH3 is 1. The highest BCUT2D eigenvalue weighted by Crippen LogP contribution is 2.22. The highest BCUT2D eigenvalue weighted by atomic mass is 16.6. The molecule has 1 aromatic rings. The molecule has 0 spiro atoms. The number of nitrogens with zero attached hydrogens (tertiary/aromatic N) is 1. The lowest BCUT2D eigenvalue weighted by atomic mass is 10.2. The molecule has 0 saturated heterocycles. The second kappa shape index (κ2) is 6.04. The normalized spacial score (nSPS) is 12.1. The summed E-state index contributed by atoms with van der Waals surface area (Å²) in [5, 5.41) is 22.9. The van der Waals surface area contributed by atoms with Gasteiger partial charge in [0, 0.05) is 19.7 Å². The molecule has 0 aliphatic carbocycles. The summed E-state index contributed by atoms with van der Waals surface area (Å²) < 4.78 is 4.75. The quantitative estimate of drug-likeness (QED) is 0.558. The fourth-order valence-corrected chi connectivity index (χ4v) is 1.26. The van der Waals surface area contributed by atoms with Gasteiger partial charge in [0.15, 0.2) is 0 Å². The van der Waals surface area contributed by atoms with Crippen LogP contribution in [-0.2, 0) is 4.74 Å². The Bertz CT molecular complexity index is 356. The summed E-state index contributed by atoms with van der Waals surface area (Å²) in [7, 11) is 1.48. The Morgan fingerprint density at radius 1 is 1.56 bits per heavy atom. The van der Waals surface area contributed by atoms with E-state index >= 15 is 0 Å². The van der Waals surface area contributed by atoms with Crippen molar-refractivity contribution in [1.82, 2.24) is 0 Å². The lowest BCUT2D eigenvalue weighted by Gasteiger charge is -2.11. The molecule has 0 aromatic heterocycles. The zero-order valence-electron chi connectivity index (χ0n) is 8.92. The Hall–Kier alpha value is -1.66. The van der Waals surface area contributed by atoms with Crippen molar-refractivity contribution in [2.45, 2.75) is 6.10 Å². The van der Waals surface area contributed by atoms with Crippen molar-refractivity contribution in [2.24, 2.45) is 0 Å². The Labute approximate surface area is 93.0 Å². The zero-order chi connectivity index (χ0) is 12.0. The molecule has 6 heteroatoms. The minimum absolute atomic E-state index is 0.00730. The lowest BCUT2D eigenvalue weighted by molar-refractivity contribution is -0.384. The molecule has 1 aromatic carbocycles. The van der Waals surface area contributed by atoms with Crippen molar-refractivity contribution in [1.29, 1.82) is 0 Å². The molecule has 0 saturated carbocycles. The zero-order valence-corrected chi connectivity index (χ0v) is 8.92. The molecular weight excluding hydrogens is 212 g/mol. The van der Waals surface area contributed by atoms with E-state index in [0.29, 0.717) is 5.69 Å². The molecule has 0 fully saturated rings. The minimum Gasteiger partial charge on any atom is -0.389 e. The Morgan fingerprint density at radius 3 is 2.88 bits per heavy atom. The average Bonchev–Trinajstić information content (AvgIpc) is 2.27. The van der Waals surface area contributed by atoms with Crippen LogP contribution in [0.5, 0.6) is 0 Å². The van der Waals surface area contributed by atoms with Crippen molar-refractivity contribution in [3.63, 3.8) is 0 Å². The first-order chi connectivity index (χ1) is 7.65. The van der Waals surface area contributed by atoms with Gasteiger partial charge in [-0.05, 0) is 6.07 Å². The van der Waals surface area contributed by atoms with Crippen molar-refractivity contribution in [2.75, 3.05) is 25.6 Å². The first-order valence-electron chi connectivity index (χ1n) is 4.79. The fraction of sp³-hybridized carbons (Fsp3) is 0.400. The minimum atomic E-state index is -0.690. The van der Waals surface area contributed by atoms with E-state index < -0.39 is 11.0 Å². The average molecular weight is 226 g/mol. The summed E-state index contributed by atoms with van der Waals surface area (Å²) >= 11 is 0. The molecular formula is C10H14N2O4. The van der Waals surface area contributed by atoms with E-state index in [1.165, 1.54) is 13.2 Å². The van der Waals surface area contributed by atoms with Crippen LogP contribution in [0, 0.1) is 10.1 Å². The molecule has 1 atom stereocenters. The summed E-state index contributed by atoms with van der Waals surface area (Å²) in [4.78, 5) is 10.2.